The topological polar surface area (TPSA) is 72.2 Å². The maximum Gasteiger partial charge on any atom is 0.215 e. The summed E-state index contributed by atoms with van der Waals surface area (Å²) in [6.45, 7) is 2.48. The van der Waals surface area contributed by atoms with E-state index < -0.39 is 10.0 Å². The number of rotatable bonds is 7. The number of unbranched alkanes of at least 4 members (excludes halogenated alkanes) is 1. The van der Waals surface area contributed by atoms with Gasteiger partial charge >= 0.3 is 0 Å². The highest BCUT2D eigenvalue weighted by Crippen LogP contribution is 2.12. The van der Waals surface area contributed by atoms with Crippen LogP contribution in [0.25, 0.3) is 0 Å². The first-order valence-corrected chi connectivity index (χ1v) is 7.87. The van der Waals surface area contributed by atoms with Crippen molar-refractivity contribution in [3.63, 3.8) is 0 Å². The molecule has 0 amide bonds. The van der Waals surface area contributed by atoms with E-state index in [1.165, 1.54) is 0 Å². The molecule has 0 fully saturated rings. The van der Waals surface area contributed by atoms with Crippen LogP contribution in [-0.4, -0.2) is 20.0 Å². The number of thiocarbonyl (C=S) groups is 1. The van der Waals surface area contributed by atoms with E-state index in [1.54, 1.807) is 24.3 Å². The van der Waals surface area contributed by atoms with Gasteiger partial charge in [-0.15, -0.1) is 0 Å². The van der Waals surface area contributed by atoms with Crippen LogP contribution in [0.4, 0.5) is 0 Å². The Kier molecular flexibility index (Phi) is 5.71. The van der Waals surface area contributed by atoms with Crippen molar-refractivity contribution in [2.45, 2.75) is 25.5 Å². The number of nitrogens with two attached hydrogens (primary N) is 1. The summed E-state index contributed by atoms with van der Waals surface area (Å²) in [5.41, 5.74) is 6.82. The number of nitrogens with one attached hydrogen (secondary N) is 1. The largest absolute Gasteiger partial charge is 0.389 e. The third-order valence-corrected chi connectivity index (χ3v) is 4.04. The molecule has 0 aliphatic carbocycles. The molecule has 0 radical (unpaired) electrons. The molecule has 0 saturated heterocycles. The lowest BCUT2D eigenvalue weighted by atomic mass is 10.1. The minimum atomic E-state index is -3.33. The Balaban J connectivity index is 2.81. The fraction of sp³-hybridized carbons (Fsp3) is 0.417. The molecule has 18 heavy (non-hydrogen) atoms. The fourth-order valence-corrected chi connectivity index (χ4v) is 2.96. The van der Waals surface area contributed by atoms with Gasteiger partial charge in [0.15, 0.2) is 0 Å². The van der Waals surface area contributed by atoms with Gasteiger partial charge in [0.2, 0.25) is 10.0 Å². The van der Waals surface area contributed by atoms with Gasteiger partial charge in [0.05, 0.1) is 5.75 Å². The second-order valence-corrected chi connectivity index (χ2v) is 6.28. The molecular formula is C12H18N2O2S2. The van der Waals surface area contributed by atoms with Crippen LogP contribution >= 0.6 is 12.2 Å². The number of hydrogen-bond acceptors (Lipinski definition) is 3. The zero-order valence-electron chi connectivity index (χ0n) is 10.3. The van der Waals surface area contributed by atoms with E-state index in [4.69, 9.17) is 18.0 Å². The van der Waals surface area contributed by atoms with Gasteiger partial charge in [0.1, 0.15) is 4.99 Å². The molecule has 1 rings (SSSR count). The van der Waals surface area contributed by atoms with Gasteiger partial charge in [-0.25, -0.2) is 13.1 Å². The summed E-state index contributed by atoms with van der Waals surface area (Å²) < 4.78 is 26.3. The number of sulfonamides is 1. The summed E-state index contributed by atoms with van der Waals surface area (Å²) in [7, 11) is -3.33. The van der Waals surface area contributed by atoms with Gasteiger partial charge in [0, 0.05) is 12.1 Å². The van der Waals surface area contributed by atoms with Gasteiger partial charge < -0.3 is 5.73 Å². The third kappa shape index (κ3) is 4.72. The average Bonchev–Trinajstić information content (AvgIpc) is 2.29. The summed E-state index contributed by atoms with van der Waals surface area (Å²) in [4.78, 5) is 0.217. The van der Waals surface area contributed by atoms with Gasteiger partial charge in [-0.1, -0.05) is 49.8 Å². The van der Waals surface area contributed by atoms with Crippen molar-refractivity contribution in [3.05, 3.63) is 35.4 Å². The summed E-state index contributed by atoms with van der Waals surface area (Å²) in [5, 5.41) is 0. The zero-order valence-corrected chi connectivity index (χ0v) is 12.0. The molecule has 4 nitrogen and oxygen atoms in total. The van der Waals surface area contributed by atoms with E-state index in [0.29, 0.717) is 17.7 Å². The van der Waals surface area contributed by atoms with Crippen LogP contribution < -0.4 is 10.5 Å². The summed E-state index contributed by atoms with van der Waals surface area (Å²) in [6.07, 6.45) is 1.78. The molecule has 3 N–H and O–H groups in total. The smallest absolute Gasteiger partial charge is 0.215 e. The van der Waals surface area contributed by atoms with Crippen molar-refractivity contribution in [1.29, 1.82) is 0 Å². The highest BCUT2D eigenvalue weighted by Gasteiger charge is 2.14. The highest BCUT2D eigenvalue weighted by molar-refractivity contribution is 7.88. The van der Waals surface area contributed by atoms with Crippen molar-refractivity contribution >= 4 is 27.2 Å². The monoisotopic (exact) mass is 286 g/mol. The number of hydrogen-bond donors (Lipinski definition) is 2. The molecule has 0 unspecified atom stereocenters. The Bertz CT molecular complexity index is 513. The molecule has 0 aliphatic rings. The van der Waals surface area contributed by atoms with Crippen LogP contribution in [-0.2, 0) is 15.8 Å². The second kappa shape index (κ2) is 6.82. The van der Waals surface area contributed by atoms with E-state index in [1.807, 2.05) is 6.92 Å². The van der Waals surface area contributed by atoms with Gasteiger partial charge in [-0.2, -0.15) is 0 Å². The molecule has 0 aliphatic heterocycles. The van der Waals surface area contributed by atoms with Crippen LogP contribution in [0, 0.1) is 0 Å². The molecular weight excluding hydrogens is 268 g/mol. The lowest BCUT2D eigenvalue weighted by molar-refractivity contribution is 0.577. The minimum absolute atomic E-state index is 0.0930. The molecule has 0 aromatic heterocycles. The van der Waals surface area contributed by atoms with Crippen molar-refractivity contribution in [3.8, 4) is 0 Å². The zero-order chi connectivity index (χ0) is 13.6. The average molecular weight is 286 g/mol. The summed E-state index contributed by atoms with van der Waals surface area (Å²) >= 11 is 4.91. The molecule has 1 aromatic carbocycles. The Hall–Kier alpha value is -0.980. The van der Waals surface area contributed by atoms with Crippen LogP contribution in [0.1, 0.15) is 30.9 Å². The lowest BCUT2D eigenvalue weighted by Gasteiger charge is -2.09. The van der Waals surface area contributed by atoms with Crippen molar-refractivity contribution in [1.82, 2.24) is 4.72 Å². The molecule has 1 aromatic rings. The predicted molar refractivity (Wildman–Crippen MR) is 77.9 cm³/mol. The Morgan fingerprint density at radius 2 is 2.06 bits per heavy atom. The predicted octanol–water partition coefficient (Wildman–Crippen LogP) is 1.54. The fourth-order valence-electron chi connectivity index (χ4n) is 1.55. The maximum absolute atomic E-state index is 11.9. The van der Waals surface area contributed by atoms with E-state index in [-0.39, 0.29) is 10.7 Å². The molecule has 0 saturated carbocycles. The molecule has 0 spiro atoms. The van der Waals surface area contributed by atoms with Gasteiger partial charge in [0.25, 0.3) is 0 Å². The van der Waals surface area contributed by atoms with Crippen molar-refractivity contribution in [2.75, 3.05) is 6.54 Å². The highest BCUT2D eigenvalue weighted by atomic mass is 32.2. The van der Waals surface area contributed by atoms with E-state index >= 15 is 0 Å². The maximum atomic E-state index is 11.9. The first-order chi connectivity index (χ1) is 8.46. The van der Waals surface area contributed by atoms with Crippen LogP contribution in [0.5, 0.6) is 0 Å². The quantitative estimate of drug-likeness (QED) is 0.589. The minimum Gasteiger partial charge on any atom is -0.389 e. The first-order valence-electron chi connectivity index (χ1n) is 5.81. The van der Waals surface area contributed by atoms with E-state index in [0.717, 1.165) is 12.8 Å². The van der Waals surface area contributed by atoms with Gasteiger partial charge in [-0.3, -0.25) is 0 Å². The van der Waals surface area contributed by atoms with Crippen molar-refractivity contribution < 1.29 is 8.42 Å². The Morgan fingerprint density at radius 3 is 2.67 bits per heavy atom. The normalized spacial score (nSPS) is 11.4. The number of benzene rings is 1. The standard InChI is InChI=1S/C12H18N2O2S2/c1-2-3-8-14-18(15,16)9-10-6-4-5-7-11(10)12(13)17/h4-7,14H,2-3,8-9H2,1H3,(H2,13,17). The summed E-state index contributed by atoms with van der Waals surface area (Å²) in [5.74, 6) is -0.0930. The van der Waals surface area contributed by atoms with E-state index in [9.17, 15) is 8.42 Å². The third-order valence-electron chi connectivity index (χ3n) is 2.48. The van der Waals surface area contributed by atoms with Gasteiger partial charge in [-0.05, 0) is 12.0 Å². The lowest BCUT2D eigenvalue weighted by Crippen LogP contribution is -2.27. The Morgan fingerprint density at radius 1 is 1.39 bits per heavy atom. The molecule has 0 atom stereocenters. The van der Waals surface area contributed by atoms with Crippen LogP contribution in [0.3, 0.4) is 0 Å². The summed E-state index contributed by atoms with van der Waals surface area (Å²) in [6, 6.07) is 7.03. The molecule has 6 heteroatoms. The first kappa shape index (κ1) is 15.1. The van der Waals surface area contributed by atoms with Crippen LogP contribution in [0.2, 0.25) is 0 Å². The van der Waals surface area contributed by atoms with E-state index in [2.05, 4.69) is 4.72 Å². The van der Waals surface area contributed by atoms with Crippen LogP contribution in [0.15, 0.2) is 24.3 Å². The Labute approximate surface area is 114 Å². The molecule has 0 bridgehead atoms. The molecule has 0 heterocycles. The SMILES string of the molecule is CCCCNS(=O)(=O)Cc1ccccc1C(N)=S. The van der Waals surface area contributed by atoms with Crippen molar-refractivity contribution in [2.24, 2.45) is 5.73 Å². The molecule has 100 valence electrons. The second-order valence-electron chi connectivity index (χ2n) is 4.03.